The normalized spacial score (nSPS) is 23.3. The fourth-order valence-corrected chi connectivity index (χ4v) is 8.31. The molecule has 2 aromatic carbocycles. The van der Waals surface area contributed by atoms with Gasteiger partial charge in [0.25, 0.3) is 0 Å². The van der Waals surface area contributed by atoms with Crippen LogP contribution < -0.4 is 10.6 Å². The molecule has 1 saturated carbocycles. The Labute approximate surface area is 303 Å². The van der Waals surface area contributed by atoms with Crippen molar-refractivity contribution < 1.29 is 38.1 Å². The molecule has 6 rings (SSSR count). The van der Waals surface area contributed by atoms with Crippen molar-refractivity contribution in [2.75, 3.05) is 19.6 Å². The topological polar surface area (TPSA) is 153 Å². The van der Waals surface area contributed by atoms with Gasteiger partial charge in [-0.2, -0.15) is 0 Å². The number of carbonyl (C=O) groups excluding carboxylic acids is 4. The lowest BCUT2D eigenvalue weighted by molar-refractivity contribution is -0.153. The Morgan fingerprint density at radius 2 is 1.79 bits per heavy atom. The lowest BCUT2D eigenvalue weighted by Gasteiger charge is -2.41. The average molecular weight is 720 g/mol. The lowest BCUT2D eigenvalue weighted by Crippen LogP contribution is -2.58. The first-order valence-electron chi connectivity index (χ1n) is 18.3. The molecule has 3 fully saturated rings. The summed E-state index contributed by atoms with van der Waals surface area (Å²) in [5.41, 5.74) is -0.237. The van der Waals surface area contributed by atoms with Gasteiger partial charge in [0.1, 0.15) is 35.7 Å². The number of aromatic nitrogens is 1. The zero-order valence-corrected chi connectivity index (χ0v) is 30.3. The van der Waals surface area contributed by atoms with Gasteiger partial charge in [-0.3, -0.25) is 24.6 Å². The summed E-state index contributed by atoms with van der Waals surface area (Å²) in [4.78, 5) is 61.0. The van der Waals surface area contributed by atoms with Crippen LogP contribution in [0.2, 0.25) is 0 Å². The summed E-state index contributed by atoms with van der Waals surface area (Å²) in [6.07, 6.45) is 4.51. The zero-order valence-electron chi connectivity index (χ0n) is 30.3. The molecule has 3 heterocycles. The summed E-state index contributed by atoms with van der Waals surface area (Å²) >= 11 is 0. The van der Waals surface area contributed by atoms with E-state index < -0.39 is 59.2 Å². The van der Waals surface area contributed by atoms with Gasteiger partial charge in [0.2, 0.25) is 11.8 Å². The van der Waals surface area contributed by atoms with E-state index >= 15 is 0 Å². The third-order valence-corrected chi connectivity index (χ3v) is 10.7. The van der Waals surface area contributed by atoms with Gasteiger partial charge in [-0.05, 0) is 76.6 Å². The summed E-state index contributed by atoms with van der Waals surface area (Å²) in [5, 5.41) is 18.7. The number of nitrogens with zero attached hydrogens (tertiary/aromatic N) is 2. The summed E-state index contributed by atoms with van der Waals surface area (Å²) < 4.78 is 25.5. The zero-order chi connectivity index (χ0) is 37.2. The Morgan fingerprint density at radius 1 is 1.06 bits per heavy atom. The molecule has 3 aliphatic rings. The maximum atomic E-state index is 14.8. The molecule has 13 heteroatoms. The molecule has 5 unspecified atom stereocenters. The van der Waals surface area contributed by atoms with E-state index in [2.05, 4.69) is 15.6 Å². The van der Waals surface area contributed by atoms with E-state index in [1.165, 1.54) is 17.0 Å². The predicted octanol–water partition coefficient (Wildman–Crippen LogP) is 4.50. The largest absolute Gasteiger partial charge is 0.459 e. The minimum absolute atomic E-state index is 0.0185. The van der Waals surface area contributed by atoms with Crippen LogP contribution in [-0.2, 0) is 36.0 Å². The van der Waals surface area contributed by atoms with E-state index in [0.29, 0.717) is 22.9 Å². The molecule has 0 radical (unpaired) electrons. The number of nitrogens with one attached hydrogen (secondary N) is 3. The van der Waals surface area contributed by atoms with Gasteiger partial charge in [0, 0.05) is 35.8 Å². The summed E-state index contributed by atoms with van der Waals surface area (Å²) in [6, 6.07) is 11.2. The number of aromatic amines is 1. The van der Waals surface area contributed by atoms with E-state index in [0.717, 1.165) is 37.7 Å². The monoisotopic (exact) mass is 719 g/mol. The maximum Gasteiger partial charge on any atom is 0.411 e. The second-order valence-electron chi connectivity index (χ2n) is 15.3. The highest BCUT2D eigenvalue weighted by Gasteiger charge is 2.65. The van der Waals surface area contributed by atoms with E-state index in [-0.39, 0.29) is 38.1 Å². The smallest absolute Gasteiger partial charge is 0.411 e. The third kappa shape index (κ3) is 7.52. The Morgan fingerprint density at radius 3 is 2.50 bits per heavy atom. The van der Waals surface area contributed by atoms with Crippen molar-refractivity contribution in [2.45, 2.75) is 108 Å². The highest BCUT2D eigenvalue weighted by Crippen LogP contribution is 2.51. The number of benzene rings is 2. The molecule has 4 N–H and O–H groups in total. The first-order chi connectivity index (χ1) is 24.8. The Bertz CT molecular complexity index is 1770. The van der Waals surface area contributed by atoms with Crippen LogP contribution in [0.5, 0.6) is 0 Å². The van der Waals surface area contributed by atoms with E-state index in [1.807, 2.05) is 30.3 Å². The Kier molecular flexibility index (Phi) is 10.9. The van der Waals surface area contributed by atoms with E-state index in [4.69, 9.17) is 9.47 Å². The van der Waals surface area contributed by atoms with Crippen molar-refractivity contribution in [3.05, 3.63) is 71.7 Å². The molecular formula is C39H50FN5O7. The molecule has 2 aliphatic heterocycles. The van der Waals surface area contributed by atoms with Crippen molar-refractivity contribution in [1.82, 2.24) is 25.4 Å². The lowest BCUT2D eigenvalue weighted by atomic mass is 9.80. The quantitative estimate of drug-likeness (QED) is 0.224. The van der Waals surface area contributed by atoms with Gasteiger partial charge < -0.3 is 29.8 Å². The van der Waals surface area contributed by atoms with Crippen molar-refractivity contribution in [3.8, 4) is 0 Å². The molecule has 3 amide bonds. The molecular weight excluding hydrogens is 669 g/mol. The molecule has 280 valence electrons. The Balaban J connectivity index is 1.29. The van der Waals surface area contributed by atoms with Gasteiger partial charge in [0.15, 0.2) is 0 Å². The standard InChI is InChI=1S/C39H50FN5O7/c1-24(41-21-33(47)52-38(2,3)4)35(48)43-34(26-13-9-6-10-14-26)36(49)44-22-32(46)39(29-20-42-30-19-27(40)15-16-28(29)30)31(44)17-18-45(39)37(50)51-23-25-11-7-5-8-12-25/h5,7-8,11-12,15-16,19-20,24,26,31-32,34,41-42,46H,6,9-10,13-14,17-18,21-23H2,1-4H3,(H,43,48). The van der Waals surface area contributed by atoms with E-state index in [9.17, 15) is 28.7 Å². The molecule has 2 saturated heterocycles. The van der Waals surface area contributed by atoms with Crippen LogP contribution in [0.4, 0.5) is 9.18 Å². The fraction of sp³-hybridized carbons (Fsp3) is 0.538. The van der Waals surface area contributed by atoms with Crippen molar-refractivity contribution in [2.24, 2.45) is 5.92 Å². The highest BCUT2D eigenvalue weighted by molar-refractivity contribution is 5.92. The number of β-amino-alcohol motifs (C(OH)–C–C–N with tert-alkyl or cyclic N) is 1. The number of hydrogen-bond acceptors (Lipinski definition) is 8. The predicted molar refractivity (Wildman–Crippen MR) is 191 cm³/mol. The molecule has 1 aliphatic carbocycles. The number of esters is 1. The SMILES string of the molecule is CC(NCC(=O)OC(C)(C)C)C(=O)NC(C(=O)N1CC(O)C2(c3c[nH]c4cc(F)ccc34)C1CCN2C(=O)OCc1ccccc1)C1CCCCC1. The number of rotatable bonds is 10. The molecule has 3 aromatic rings. The van der Waals surface area contributed by atoms with Crippen LogP contribution in [0.25, 0.3) is 10.9 Å². The van der Waals surface area contributed by atoms with Gasteiger partial charge in [-0.25, -0.2) is 9.18 Å². The molecule has 0 bridgehead atoms. The number of carbonyl (C=O) groups is 4. The molecule has 12 nitrogen and oxygen atoms in total. The number of amides is 3. The maximum absolute atomic E-state index is 14.8. The second kappa shape index (κ2) is 15.2. The number of H-pyrrole nitrogens is 1. The highest BCUT2D eigenvalue weighted by atomic mass is 19.1. The summed E-state index contributed by atoms with van der Waals surface area (Å²) in [6.45, 7) is 6.86. The fourth-order valence-electron chi connectivity index (χ4n) is 8.31. The number of halogens is 1. The minimum Gasteiger partial charge on any atom is -0.459 e. The first kappa shape index (κ1) is 37.3. The minimum atomic E-state index is -1.41. The Hall–Kier alpha value is -4.49. The van der Waals surface area contributed by atoms with Crippen LogP contribution in [0, 0.1) is 11.7 Å². The summed E-state index contributed by atoms with van der Waals surface area (Å²) in [7, 11) is 0. The van der Waals surface area contributed by atoms with Crippen LogP contribution >= 0.6 is 0 Å². The van der Waals surface area contributed by atoms with Crippen LogP contribution in [-0.4, -0.2) is 93.2 Å². The van der Waals surface area contributed by atoms with Crippen LogP contribution in [0.3, 0.4) is 0 Å². The summed E-state index contributed by atoms with van der Waals surface area (Å²) in [5.74, 6) is -1.85. The van der Waals surface area contributed by atoms with Crippen LogP contribution in [0.15, 0.2) is 54.7 Å². The number of aliphatic hydroxyl groups excluding tert-OH is 1. The number of aliphatic hydroxyl groups is 1. The second-order valence-corrected chi connectivity index (χ2v) is 15.3. The van der Waals surface area contributed by atoms with Gasteiger partial charge >= 0.3 is 12.1 Å². The van der Waals surface area contributed by atoms with Crippen molar-refractivity contribution in [3.63, 3.8) is 0 Å². The number of likely N-dealkylation sites (tertiary alicyclic amines) is 2. The van der Waals surface area contributed by atoms with Gasteiger partial charge in [-0.1, -0.05) is 49.6 Å². The third-order valence-electron chi connectivity index (χ3n) is 10.7. The molecule has 1 aromatic heterocycles. The van der Waals surface area contributed by atoms with E-state index in [1.54, 1.807) is 44.9 Å². The van der Waals surface area contributed by atoms with Crippen molar-refractivity contribution >= 4 is 34.8 Å². The average Bonchev–Trinajstić information content (AvgIpc) is 3.80. The number of ether oxygens (including phenoxy) is 2. The first-order valence-corrected chi connectivity index (χ1v) is 18.3. The van der Waals surface area contributed by atoms with Crippen LogP contribution in [0.1, 0.15) is 77.3 Å². The molecule has 0 spiro atoms. The molecule has 5 atom stereocenters. The number of hydrogen-bond donors (Lipinski definition) is 4. The number of fused-ring (bicyclic) bond motifs is 2. The van der Waals surface area contributed by atoms with Gasteiger partial charge in [-0.15, -0.1) is 0 Å². The molecule has 52 heavy (non-hydrogen) atoms. The van der Waals surface area contributed by atoms with Crippen molar-refractivity contribution in [1.29, 1.82) is 0 Å². The van der Waals surface area contributed by atoms with Gasteiger partial charge in [0.05, 0.1) is 18.6 Å².